The number of aromatic nitrogens is 1. The molecule has 1 aromatic carbocycles. The fourth-order valence-corrected chi connectivity index (χ4v) is 3.24. The predicted molar refractivity (Wildman–Crippen MR) is 75.6 cm³/mol. The lowest BCUT2D eigenvalue weighted by atomic mass is 10.1. The number of aldehydes is 1. The molecule has 0 saturated carbocycles. The quantitative estimate of drug-likeness (QED) is 0.628. The molecule has 2 aromatic rings. The number of hydrogen-bond donors (Lipinski definition) is 0. The molecule has 0 N–H and O–H groups in total. The Balaban J connectivity index is 2.87. The van der Waals surface area contributed by atoms with Gasteiger partial charge in [0.25, 0.3) is 0 Å². The van der Waals surface area contributed by atoms with E-state index < -0.39 is 0 Å². The van der Waals surface area contributed by atoms with E-state index in [4.69, 9.17) is 4.74 Å². The summed E-state index contributed by atoms with van der Waals surface area (Å²) >= 11 is 2.22. The zero-order chi connectivity index (χ0) is 11.7. The number of fused-ring (bicyclic) bond motifs is 1. The van der Waals surface area contributed by atoms with E-state index in [1.54, 1.807) is 16.2 Å². The van der Waals surface area contributed by atoms with Gasteiger partial charge in [0.15, 0.2) is 6.29 Å². The SMILES string of the molecule is COc1cc(C)c2c(ccn2SI)c1C=O. The van der Waals surface area contributed by atoms with Gasteiger partial charge in [0.2, 0.25) is 0 Å². The van der Waals surface area contributed by atoms with E-state index in [1.165, 1.54) is 0 Å². The second kappa shape index (κ2) is 4.67. The predicted octanol–water partition coefficient (Wildman–Crippen LogP) is 3.62. The van der Waals surface area contributed by atoms with Crippen molar-refractivity contribution in [3.63, 3.8) is 0 Å². The Morgan fingerprint density at radius 1 is 1.56 bits per heavy atom. The third-order valence-electron chi connectivity index (χ3n) is 2.54. The lowest BCUT2D eigenvalue weighted by molar-refractivity contribution is 0.112. The fraction of sp³-hybridized carbons (Fsp3) is 0.182. The van der Waals surface area contributed by atoms with Gasteiger partial charge in [0.05, 0.1) is 18.2 Å². The molecule has 0 saturated heterocycles. The topological polar surface area (TPSA) is 31.2 Å². The van der Waals surface area contributed by atoms with Crippen molar-refractivity contribution in [3.05, 3.63) is 29.5 Å². The number of nitrogens with zero attached hydrogens (tertiary/aromatic N) is 1. The van der Waals surface area contributed by atoms with Crippen LogP contribution >= 0.6 is 30.3 Å². The van der Waals surface area contributed by atoms with Crippen LogP contribution in [0.2, 0.25) is 0 Å². The Morgan fingerprint density at radius 3 is 2.88 bits per heavy atom. The number of hydrogen-bond acceptors (Lipinski definition) is 3. The molecular formula is C11H10INO2S. The van der Waals surface area contributed by atoms with Crippen molar-refractivity contribution >= 4 is 47.5 Å². The second-order valence-electron chi connectivity index (χ2n) is 3.40. The van der Waals surface area contributed by atoms with Gasteiger partial charge in [-0.2, -0.15) is 0 Å². The second-order valence-corrected chi connectivity index (χ2v) is 5.11. The zero-order valence-electron chi connectivity index (χ0n) is 8.86. The average Bonchev–Trinajstić information content (AvgIpc) is 2.73. The number of rotatable bonds is 3. The molecular weight excluding hydrogens is 337 g/mol. The maximum atomic E-state index is 11.1. The van der Waals surface area contributed by atoms with E-state index in [0.29, 0.717) is 11.3 Å². The van der Waals surface area contributed by atoms with E-state index in [2.05, 4.69) is 21.2 Å². The average molecular weight is 347 g/mol. The van der Waals surface area contributed by atoms with Crippen LogP contribution in [0, 0.1) is 6.92 Å². The molecule has 0 aliphatic heterocycles. The Morgan fingerprint density at radius 2 is 2.31 bits per heavy atom. The number of ether oxygens (including phenoxy) is 1. The molecule has 16 heavy (non-hydrogen) atoms. The van der Waals surface area contributed by atoms with Gasteiger partial charge in [-0.25, -0.2) is 0 Å². The van der Waals surface area contributed by atoms with Gasteiger partial charge >= 0.3 is 0 Å². The van der Waals surface area contributed by atoms with Gasteiger partial charge in [-0.15, -0.1) is 0 Å². The highest BCUT2D eigenvalue weighted by Gasteiger charge is 2.13. The molecule has 0 spiro atoms. The number of carbonyl (C=O) groups excluding carboxylic acids is 1. The summed E-state index contributed by atoms with van der Waals surface area (Å²) < 4.78 is 7.26. The maximum absolute atomic E-state index is 11.1. The minimum absolute atomic E-state index is 0.618. The van der Waals surface area contributed by atoms with Crippen LogP contribution in [0.25, 0.3) is 10.9 Å². The van der Waals surface area contributed by atoms with Crippen LogP contribution < -0.4 is 4.74 Å². The van der Waals surface area contributed by atoms with Crippen molar-refractivity contribution < 1.29 is 9.53 Å². The van der Waals surface area contributed by atoms with Gasteiger partial charge in [-0.3, -0.25) is 8.77 Å². The summed E-state index contributed by atoms with van der Waals surface area (Å²) in [5, 5.41) is 0.941. The van der Waals surface area contributed by atoms with Crippen LogP contribution in [0.3, 0.4) is 0 Å². The van der Waals surface area contributed by atoms with Crippen molar-refractivity contribution in [3.8, 4) is 5.75 Å². The summed E-state index contributed by atoms with van der Waals surface area (Å²) in [4.78, 5) is 11.1. The molecule has 0 bridgehead atoms. The Kier molecular flexibility index (Phi) is 3.44. The van der Waals surface area contributed by atoms with Crippen LogP contribution in [0.4, 0.5) is 0 Å². The van der Waals surface area contributed by atoms with Crippen molar-refractivity contribution in [1.29, 1.82) is 0 Å². The van der Waals surface area contributed by atoms with E-state index in [0.717, 1.165) is 22.8 Å². The largest absolute Gasteiger partial charge is 0.496 e. The first-order valence-corrected chi connectivity index (χ1v) is 7.97. The third-order valence-corrected chi connectivity index (χ3v) is 4.27. The van der Waals surface area contributed by atoms with E-state index >= 15 is 0 Å². The summed E-state index contributed by atoms with van der Waals surface area (Å²) in [7, 11) is 3.16. The number of aryl methyl sites for hydroxylation is 1. The molecule has 2 rings (SSSR count). The molecule has 0 atom stereocenters. The summed E-state index contributed by atoms with van der Waals surface area (Å²) in [6.07, 6.45) is 2.81. The highest BCUT2D eigenvalue weighted by atomic mass is 127. The van der Waals surface area contributed by atoms with Gasteiger partial charge in [0, 0.05) is 41.9 Å². The number of benzene rings is 1. The van der Waals surface area contributed by atoms with Crippen LogP contribution in [0.1, 0.15) is 15.9 Å². The lowest BCUT2D eigenvalue weighted by Gasteiger charge is -2.08. The minimum atomic E-state index is 0.618. The Bertz CT molecular complexity index is 550. The highest BCUT2D eigenvalue weighted by Crippen LogP contribution is 2.33. The van der Waals surface area contributed by atoms with Crippen LogP contribution in [0.5, 0.6) is 5.75 Å². The van der Waals surface area contributed by atoms with Gasteiger partial charge in [-0.1, -0.05) is 0 Å². The first-order chi connectivity index (χ1) is 7.72. The van der Waals surface area contributed by atoms with Crippen molar-refractivity contribution in [2.75, 3.05) is 7.11 Å². The highest BCUT2D eigenvalue weighted by molar-refractivity contribution is 14.2. The molecule has 1 heterocycles. The number of halogens is 1. The number of carbonyl (C=O) groups is 1. The first kappa shape index (κ1) is 11.8. The smallest absolute Gasteiger partial charge is 0.154 e. The Hall–Kier alpha value is -0.690. The van der Waals surface area contributed by atoms with Gasteiger partial charge in [-0.05, 0) is 24.6 Å². The molecule has 0 aliphatic carbocycles. The van der Waals surface area contributed by atoms with Crippen molar-refractivity contribution in [1.82, 2.24) is 3.97 Å². The zero-order valence-corrected chi connectivity index (χ0v) is 11.8. The van der Waals surface area contributed by atoms with E-state index in [1.807, 2.05) is 29.2 Å². The molecule has 0 fully saturated rings. The summed E-state index contributed by atoms with van der Waals surface area (Å²) in [5.74, 6) is 0.635. The molecule has 0 aliphatic rings. The Labute approximate surface area is 110 Å². The maximum Gasteiger partial charge on any atom is 0.154 e. The lowest BCUT2D eigenvalue weighted by Crippen LogP contribution is -1.94. The number of methoxy groups -OCH3 is 1. The van der Waals surface area contributed by atoms with E-state index in [9.17, 15) is 4.79 Å². The summed E-state index contributed by atoms with van der Waals surface area (Å²) in [6, 6.07) is 3.84. The van der Waals surface area contributed by atoms with Gasteiger partial charge < -0.3 is 4.74 Å². The monoisotopic (exact) mass is 347 g/mol. The molecule has 3 nitrogen and oxygen atoms in total. The van der Waals surface area contributed by atoms with E-state index in [-0.39, 0.29) is 0 Å². The fourth-order valence-electron chi connectivity index (χ4n) is 1.84. The molecule has 84 valence electrons. The van der Waals surface area contributed by atoms with Crippen LogP contribution in [-0.4, -0.2) is 17.4 Å². The van der Waals surface area contributed by atoms with Crippen molar-refractivity contribution in [2.24, 2.45) is 0 Å². The van der Waals surface area contributed by atoms with Gasteiger partial charge in [0.1, 0.15) is 5.75 Å². The summed E-state index contributed by atoms with van der Waals surface area (Å²) in [6.45, 7) is 2.02. The third kappa shape index (κ3) is 1.71. The normalized spacial score (nSPS) is 10.7. The molecule has 0 amide bonds. The molecule has 0 radical (unpaired) electrons. The molecule has 1 aromatic heterocycles. The standard InChI is InChI=1S/C11H10INO2S/c1-7-5-10(15-2)9(6-14)8-3-4-13(16-12)11(7)8/h3-6H,1-2H3. The molecule has 0 unspecified atom stereocenters. The van der Waals surface area contributed by atoms with Crippen molar-refractivity contribution in [2.45, 2.75) is 6.92 Å². The minimum Gasteiger partial charge on any atom is -0.496 e. The summed E-state index contributed by atoms with van der Waals surface area (Å²) in [5.41, 5.74) is 2.79. The van der Waals surface area contributed by atoms with Crippen LogP contribution in [-0.2, 0) is 0 Å². The first-order valence-electron chi connectivity index (χ1n) is 4.65. The van der Waals surface area contributed by atoms with Crippen LogP contribution in [0.15, 0.2) is 18.3 Å². The molecule has 5 heteroatoms.